The number of aryl methyl sites for hydroxylation is 1. The Balaban J connectivity index is 1.80. The molecule has 0 saturated carbocycles. The maximum atomic E-state index is 11.8. The predicted octanol–water partition coefficient (Wildman–Crippen LogP) is 2.90. The summed E-state index contributed by atoms with van der Waals surface area (Å²) in [6.45, 7) is 1.98. The Bertz CT molecular complexity index is 672. The van der Waals surface area contributed by atoms with Crippen LogP contribution in [0, 0.1) is 10.5 Å². The summed E-state index contributed by atoms with van der Waals surface area (Å²) in [6, 6.07) is 15.1. The fraction of sp³-hybridized carbons (Fsp3) is 0.176. The highest BCUT2D eigenvalue weighted by molar-refractivity contribution is 14.1. The number of hydrogen-bond acceptors (Lipinski definition) is 2. The van der Waals surface area contributed by atoms with Gasteiger partial charge in [-0.15, -0.1) is 0 Å². The Morgan fingerprint density at radius 1 is 1.05 bits per heavy atom. The van der Waals surface area contributed by atoms with Crippen LogP contribution in [0.3, 0.4) is 0 Å². The van der Waals surface area contributed by atoms with Crippen LogP contribution in [0.4, 0.5) is 5.69 Å². The molecule has 2 aromatic carbocycles. The average molecular weight is 408 g/mol. The standard InChI is InChI=1S/C17H17IN2O2/c1-12-7-8-14(10-15(12)18)20-17(22)11-19-16(21)9-13-5-3-2-4-6-13/h2-8,10H,9,11H2,1H3,(H,19,21)(H,20,22). The lowest BCUT2D eigenvalue weighted by Gasteiger charge is -2.08. The van der Waals surface area contributed by atoms with Crippen molar-refractivity contribution in [2.75, 3.05) is 11.9 Å². The predicted molar refractivity (Wildman–Crippen MR) is 95.7 cm³/mol. The van der Waals surface area contributed by atoms with Crippen molar-refractivity contribution in [3.63, 3.8) is 0 Å². The van der Waals surface area contributed by atoms with Crippen LogP contribution in [0.2, 0.25) is 0 Å². The van der Waals surface area contributed by atoms with Crippen LogP contribution >= 0.6 is 22.6 Å². The van der Waals surface area contributed by atoms with Gasteiger partial charge in [-0.1, -0.05) is 36.4 Å². The van der Waals surface area contributed by atoms with Gasteiger partial charge in [-0.2, -0.15) is 0 Å². The summed E-state index contributed by atoms with van der Waals surface area (Å²) < 4.78 is 1.09. The largest absolute Gasteiger partial charge is 0.347 e. The first-order valence-electron chi connectivity index (χ1n) is 6.91. The molecule has 0 saturated heterocycles. The topological polar surface area (TPSA) is 58.2 Å². The first-order chi connectivity index (χ1) is 10.5. The van der Waals surface area contributed by atoms with Crippen molar-refractivity contribution in [3.8, 4) is 0 Å². The summed E-state index contributed by atoms with van der Waals surface area (Å²) in [5.41, 5.74) is 2.82. The van der Waals surface area contributed by atoms with Crippen molar-refractivity contribution < 1.29 is 9.59 Å². The fourth-order valence-electron chi connectivity index (χ4n) is 1.90. The van der Waals surface area contributed by atoms with Crippen LogP contribution in [0.1, 0.15) is 11.1 Å². The molecule has 0 atom stereocenters. The third-order valence-electron chi connectivity index (χ3n) is 3.11. The Kier molecular flexibility index (Phi) is 5.94. The van der Waals surface area contributed by atoms with E-state index in [1.165, 1.54) is 0 Å². The Morgan fingerprint density at radius 2 is 1.77 bits per heavy atom. The minimum atomic E-state index is -0.235. The number of halogens is 1. The van der Waals surface area contributed by atoms with E-state index >= 15 is 0 Å². The molecule has 0 aliphatic carbocycles. The third-order valence-corrected chi connectivity index (χ3v) is 4.27. The number of anilines is 1. The maximum Gasteiger partial charge on any atom is 0.243 e. The molecule has 2 amide bonds. The number of carbonyl (C=O) groups excluding carboxylic acids is 2. The molecule has 0 unspecified atom stereocenters. The number of benzene rings is 2. The summed E-state index contributed by atoms with van der Waals surface area (Å²) in [6.07, 6.45) is 0.274. The van der Waals surface area contributed by atoms with E-state index in [0.717, 1.165) is 20.4 Å². The minimum Gasteiger partial charge on any atom is -0.347 e. The SMILES string of the molecule is Cc1ccc(NC(=O)CNC(=O)Cc2ccccc2)cc1I. The van der Waals surface area contributed by atoms with E-state index in [4.69, 9.17) is 0 Å². The zero-order valence-corrected chi connectivity index (χ0v) is 14.4. The zero-order valence-electron chi connectivity index (χ0n) is 12.2. The lowest BCUT2D eigenvalue weighted by molar-refractivity contribution is -0.123. The number of nitrogens with one attached hydrogen (secondary N) is 2. The van der Waals surface area contributed by atoms with Crippen LogP contribution in [-0.2, 0) is 16.0 Å². The van der Waals surface area contributed by atoms with Gasteiger partial charge in [0.2, 0.25) is 11.8 Å². The van der Waals surface area contributed by atoms with Crippen molar-refractivity contribution in [1.29, 1.82) is 0 Å². The van der Waals surface area contributed by atoms with Gasteiger partial charge in [0, 0.05) is 9.26 Å². The summed E-state index contributed by atoms with van der Waals surface area (Å²) in [7, 11) is 0. The molecule has 2 aromatic rings. The van der Waals surface area contributed by atoms with Gasteiger partial charge in [0.15, 0.2) is 0 Å². The van der Waals surface area contributed by atoms with Crippen molar-refractivity contribution in [3.05, 3.63) is 63.2 Å². The van der Waals surface area contributed by atoms with E-state index in [1.807, 2.05) is 55.5 Å². The molecule has 0 heterocycles. The van der Waals surface area contributed by atoms with E-state index < -0.39 is 0 Å². The van der Waals surface area contributed by atoms with Gasteiger partial charge in [0.25, 0.3) is 0 Å². The van der Waals surface area contributed by atoms with Crippen molar-refractivity contribution in [1.82, 2.24) is 5.32 Å². The van der Waals surface area contributed by atoms with Crippen LogP contribution in [0.5, 0.6) is 0 Å². The number of hydrogen-bond donors (Lipinski definition) is 2. The molecule has 0 spiro atoms. The van der Waals surface area contributed by atoms with E-state index in [1.54, 1.807) is 0 Å². The van der Waals surface area contributed by atoms with Crippen molar-refractivity contribution >= 4 is 40.1 Å². The Labute approximate surface area is 143 Å². The van der Waals surface area contributed by atoms with Crippen LogP contribution in [0.25, 0.3) is 0 Å². The highest BCUT2D eigenvalue weighted by Gasteiger charge is 2.07. The lowest BCUT2D eigenvalue weighted by atomic mass is 10.1. The Hall–Kier alpha value is -1.89. The smallest absolute Gasteiger partial charge is 0.243 e. The summed E-state index contributed by atoms with van der Waals surface area (Å²) in [4.78, 5) is 23.6. The molecule has 0 radical (unpaired) electrons. The monoisotopic (exact) mass is 408 g/mol. The van der Waals surface area contributed by atoms with E-state index in [2.05, 4.69) is 33.2 Å². The minimum absolute atomic E-state index is 0.0316. The van der Waals surface area contributed by atoms with Gasteiger partial charge in [-0.05, 0) is 52.8 Å². The number of carbonyl (C=O) groups is 2. The molecule has 4 nitrogen and oxygen atoms in total. The molecule has 0 fully saturated rings. The first-order valence-corrected chi connectivity index (χ1v) is 7.99. The average Bonchev–Trinajstić information content (AvgIpc) is 2.50. The molecule has 0 aliphatic heterocycles. The summed E-state index contributed by atoms with van der Waals surface area (Å²) >= 11 is 2.22. The van der Waals surface area contributed by atoms with Gasteiger partial charge in [0.05, 0.1) is 13.0 Å². The molecule has 2 rings (SSSR count). The number of rotatable bonds is 5. The van der Waals surface area contributed by atoms with Gasteiger partial charge in [-0.3, -0.25) is 9.59 Å². The second kappa shape index (κ2) is 7.93. The molecule has 2 N–H and O–H groups in total. The highest BCUT2D eigenvalue weighted by atomic mass is 127. The fourth-order valence-corrected chi connectivity index (χ4v) is 2.41. The maximum absolute atomic E-state index is 11.8. The van der Waals surface area contributed by atoms with Crippen LogP contribution in [-0.4, -0.2) is 18.4 Å². The molecule has 0 bridgehead atoms. The molecule has 22 heavy (non-hydrogen) atoms. The molecular weight excluding hydrogens is 391 g/mol. The van der Waals surface area contributed by atoms with Crippen LogP contribution in [0.15, 0.2) is 48.5 Å². The van der Waals surface area contributed by atoms with Gasteiger partial charge < -0.3 is 10.6 Å². The third kappa shape index (κ3) is 5.14. The normalized spacial score (nSPS) is 10.1. The molecule has 0 aromatic heterocycles. The summed E-state index contributed by atoms with van der Waals surface area (Å²) in [5, 5.41) is 5.40. The van der Waals surface area contributed by atoms with E-state index in [-0.39, 0.29) is 24.8 Å². The van der Waals surface area contributed by atoms with Crippen molar-refractivity contribution in [2.24, 2.45) is 0 Å². The van der Waals surface area contributed by atoms with Crippen LogP contribution < -0.4 is 10.6 Å². The molecule has 114 valence electrons. The first kappa shape index (κ1) is 16.5. The molecular formula is C17H17IN2O2. The molecule has 5 heteroatoms. The second-order valence-corrected chi connectivity index (χ2v) is 6.11. The van der Waals surface area contributed by atoms with Gasteiger partial charge >= 0.3 is 0 Å². The highest BCUT2D eigenvalue weighted by Crippen LogP contribution is 2.16. The van der Waals surface area contributed by atoms with Crippen molar-refractivity contribution in [2.45, 2.75) is 13.3 Å². The molecule has 0 aliphatic rings. The second-order valence-electron chi connectivity index (χ2n) is 4.95. The zero-order chi connectivity index (χ0) is 15.9. The van der Waals surface area contributed by atoms with E-state index in [0.29, 0.717) is 0 Å². The summed E-state index contributed by atoms with van der Waals surface area (Å²) in [5.74, 6) is -0.402. The Morgan fingerprint density at radius 3 is 2.45 bits per heavy atom. The number of amides is 2. The van der Waals surface area contributed by atoms with Gasteiger partial charge in [0.1, 0.15) is 0 Å². The van der Waals surface area contributed by atoms with E-state index in [9.17, 15) is 9.59 Å². The lowest BCUT2D eigenvalue weighted by Crippen LogP contribution is -2.33. The van der Waals surface area contributed by atoms with Gasteiger partial charge in [-0.25, -0.2) is 0 Å². The quantitative estimate of drug-likeness (QED) is 0.748.